The van der Waals surface area contributed by atoms with Gasteiger partial charge in [0.2, 0.25) is 0 Å². The van der Waals surface area contributed by atoms with Crippen LogP contribution in [0.15, 0.2) is 46.4 Å². The Bertz CT molecular complexity index is 712. The molecule has 1 saturated carbocycles. The standard InChI is InChI=1S/C18H24N2O2S/c1-15-5-7-17(8-6-15)23(21,22)20-19-16-9-13-18(14-10-16)11-3-2-4-12-18/h5-9,13,20H,2-4,10-12,14H2,1H3/b19-16-. The number of sulfonamides is 1. The molecule has 4 nitrogen and oxygen atoms in total. The quantitative estimate of drug-likeness (QED) is 0.853. The van der Waals surface area contributed by atoms with Crippen molar-refractivity contribution in [3.05, 3.63) is 42.0 Å². The first kappa shape index (κ1) is 16.2. The number of hydrazone groups is 1. The number of hydrogen-bond acceptors (Lipinski definition) is 3. The van der Waals surface area contributed by atoms with Crippen molar-refractivity contribution in [1.29, 1.82) is 0 Å². The first-order valence-corrected chi connectivity index (χ1v) is 9.82. The van der Waals surface area contributed by atoms with Gasteiger partial charge in [0.15, 0.2) is 0 Å². The van der Waals surface area contributed by atoms with E-state index < -0.39 is 10.0 Å². The molecule has 2 aliphatic rings. The normalized spacial score (nSPS) is 22.4. The molecule has 1 N–H and O–H groups in total. The Morgan fingerprint density at radius 1 is 1.04 bits per heavy atom. The maximum Gasteiger partial charge on any atom is 0.276 e. The summed E-state index contributed by atoms with van der Waals surface area (Å²) in [5.41, 5.74) is 2.19. The van der Waals surface area contributed by atoms with Crippen LogP contribution in [0.1, 0.15) is 50.5 Å². The molecule has 0 saturated heterocycles. The summed E-state index contributed by atoms with van der Waals surface area (Å²) in [6.07, 6.45) is 12.6. The van der Waals surface area contributed by atoms with Crippen LogP contribution in [0.2, 0.25) is 0 Å². The van der Waals surface area contributed by atoms with Crippen molar-refractivity contribution in [2.75, 3.05) is 0 Å². The second-order valence-electron chi connectivity index (χ2n) is 6.77. The van der Waals surface area contributed by atoms with E-state index in [1.807, 2.05) is 13.0 Å². The van der Waals surface area contributed by atoms with Crippen LogP contribution in [0.3, 0.4) is 0 Å². The molecule has 0 bridgehead atoms. The highest BCUT2D eigenvalue weighted by atomic mass is 32.2. The van der Waals surface area contributed by atoms with Crippen molar-refractivity contribution in [3.63, 3.8) is 0 Å². The molecule has 0 amide bonds. The van der Waals surface area contributed by atoms with E-state index >= 15 is 0 Å². The molecule has 23 heavy (non-hydrogen) atoms. The molecule has 1 aromatic rings. The van der Waals surface area contributed by atoms with Gasteiger partial charge in [0.05, 0.1) is 10.6 Å². The lowest BCUT2D eigenvalue weighted by molar-refractivity contribution is 0.240. The summed E-state index contributed by atoms with van der Waals surface area (Å²) < 4.78 is 24.5. The average molecular weight is 332 g/mol. The molecule has 0 aliphatic heterocycles. The van der Waals surface area contributed by atoms with Crippen LogP contribution in [-0.4, -0.2) is 14.1 Å². The fourth-order valence-electron chi connectivity index (χ4n) is 3.47. The van der Waals surface area contributed by atoms with Gasteiger partial charge in [-0.25, -0.2) is 0 Å². The molecule has 1 fully saturated rings. The molecule has 2 aliphatic carbocycles. The Hall–Kier alpha value is -1.62. The van der Waals surface area contributed by atoms with Crippen LogP contribution < -0.4 is 4.83 Å². The molecule has 0 atom stereocenters. The third-order valence-electron chi connectivity index (χ3n) is 5.00. The molecule has 5 heteroatoms. The molecule has 0 heterocycles. The van der Waals surface area contributed by atoms with E-state index in [1.165, 1.54) is 32.1 Å². The minimum absolute atomic E-state index is 0.246. The molecule has 3 rings (SSSR count). The number of allylic oxidation sites excluding steroid dienone is 2. The molecular formula is C18H24N2O2S. The zero-order valence-electron chi connectivity index (χ0n) is 13.6. The fourth-order valence-corrected chi connectivity index (χ4v) is 4.31. The van der Waals surface area contributed by atoms with Crippen molar-refractivity contribution in [3.8, 4) is 0 Å². The Balaban J connectivity index is 1.68. The lowest BCUT2D eigenvalue weighted by atomic mass is 9.68. The van der Waals surface area contributed by atoms with E-state index in [0.29, 0.717) is 5.41 Å². The molecule has 0 radical (unpaired) electrons. The van der Waals surface area contributed by atoms with Crippen molar-refractivity contribution in [2.45, 2.75) is 56.8 Å². The van der Waals surface area contributed by atoms with Crippen molar-refractivity contribution < 1.29 is 8.42 Å². The van der Waals surface area contributed by atoms with Gasteiger partial charge in [-0.2, -0.15) is 18.4 Å². The lowest BCUT2D eigenvalue weighted by Crippen LogP contribution is -2.27. The third kappa shape index (κ3) is 3.83. The second kappa shape index (κ2) is 6.48. The van der Waals surface area contributed by atoms with Crippen LogP contribution in [0.25, 0.3) is 0 Å². The fraction of sp³-hybridized carbons (Fsp3) is 0.500. The van der Waals surface area contributed by atoms with Gasteiger partial charge in [-0.3, -0.25) is 0 Å². The van der Waals surface area contributed by atoms with E-state index in [1.54, 1.807) is 24.3 Å². The number of hydrogen-bond donors (Lipinski definition) is 1. The zero-order chi connectivity index (χ0) is 16.3. The zero-order valence-corrected chi connectivity index (χ0v) is 14.4. The van der Waals surface area contributed by atoms with Gasteiger partial charge in [-0.15, -0.1) is 0 Å². The maximum absolute atomic E-state index is 12.2. The summed E-state index contributed by atoms with van der Waals surface area (Å²) in [5.74, 6) is 0. The summed E-state index contributed by atoms with van der Waals surface area (Å²) in [5, 5.41) is 4.12. The van der Waals surface area contributed by atoms with Crippen LogP contribution in [-0.2, 0) is 10.0 Å². The molecule has 0 aromatic heterocycles. The monoisotopic (exact) mass is 332 g/mol. The summed E-state index contributed by atoms with van der Waals surface area (Å²) in [7, 11) is -3.58. The molecule has 1 aromatic carbocycles. The summed E-state index contributed by atoms with van der Waals surface area (Å²) >= 11 is 0. The Kier molecular flexibility index (Phi) is 4.57. The van der Waals surface area contributed by atoms with Gasteiger partial charge in [0, 0.05) is 0 Å². The van der Waals surface area contributed by atoms with Crippen molar-refractivity contribution in [1.82, 2.24) is 4.83 Å². The Morgan fingerprint density at radius 2 is 1.74 bits per heavy atom. The van der Waals surface area contributed by atoms with Gasteiger partial charge in [0.1, 0.15) is 0 Å². The minimum atomic E-state index is -3.58. The summed E-state index contributed by atoms with van der Waals surface area (Å²) in [6, 6.07) is 6.78. The second-order valence-corrected chi connectivity index (χ2v) is 8.43. The number of nitrogens with one attached hydrogen (secondary N) is 1. The third-order valence-corrected chi connectivity index (χ3v) is 6.22. The first-order valence-electron chi connectivity index (χ1n) is 8.34. The first-order chi connectivity index (χ1) is 11.0. The van der Waals surface area contributed by atoms with Crippen LogP contribution in [0.5, 0.6) is 0 Å². The largest absolute Gasteiger partial charge is 0.276 e. The lowest BCUT2D eigenvalue weighted by Gasteiger charge is -2.36. The van der Waals surface area contributed by atoms with Crippen molar-refractivity contribution in [2.24, 2.45) is 10.5 Å². The number of benzene rings is 1. The molecule has 0 unspecified atom stereocenters. The summed E-state index contributed by atoms with van der Waals surface area (Å²) in [4.78, 5) is 2.61. The number of nitrogens with zero attached hydrogens (tertiary/aromatic N) is 1. The predicted molar refractivity (Wildman–Crippen MR) is 92.8 cm³/mol. The van der Waals surface area contributed by atoms with E-state index in [4.69, 9.17) is 0 Å². The van der Waals surface area contributed by atoms with Gasteiger partial charge in [-0.05, 0) is 56.2 Å². The Morgan fingerprint density at radius 3 is 2.35 bits per heavy atom. The van der Waals surface area contributed by atoms with E-state index in [-0.39, 0.29) is 4.90 Å². The molecule has 124 valence electrons. The SMILES string of the molecule is Cc1ccc(S(=O)(=O)N/N=C2/C=CC3(CCCCC3)CC2)cc1. The van der Waals surface area contributed by atoms with Crippen LogP contribution in [0, 0.1) is 12.3 Å². The highest BCUT2D eigenvalue weighted by Gasteiger charge is 2.31. The van der Waals surface area contributed by atoms with Crippen LogP contribution in [0.4, 0.5) is 0 Å². The topological polar surface area (TPSA) is 58.5 Å². The highest BCUT2D eigenvalue weighted by Crippen LogP contribution is 2.43. The molecule has 1 spiro atoms. The smallest absolute Gasteiger partial charge is 0.200 e. The predicted octanol–water partition coefficient (Wildman–Crippen LogP) is 3.93. The maximum atomic E-state index is 12.2. The van der Waals surface area contributed by atoms with E-state index in [9.17, 15) is 8.42 Å². The minimum Gasteiger partial charge on any atom is -0.200 e. The Labute approximate surface area is 138 Å². The summed E-state index contributed by atoms with van der Waals surface area (Å²) in [6.45, 7) is 1.93. The van der Waals surface area contributed by atoms with Gasteiger partial charge < -0.3 is 0 Å². The van der Waals surface area contributed by atoms with Crippen LogP contribution >= 0.6 is 0 Å². The van der Waals surface area contributed by atoms with Crippen molar-refractivity contribution >= 4 is 15.7 Å². The number of aryl methyl sites for hydroxylation is 1. The van der Waals surface area contributed by atoms with E-state index in [0.717, 1.165) is 24.1 Å². The van der Waals surface area contributed by atoms with Gasteiger partial charge >= 0.3 is 0 Å². The number of rotatable bonds is 3. The van der Waals surface area contributed by atoms with E-state index in [2.05, 4.69) is 16.0 Å². The molecular weight excluding hydrogens is 308 g/mol. The highest BCUT2D eigenvalue weighted by molar-refractivity contribution is 7.89. The van der Waals surface area contributed by atoms with Gasteiger partial charge in [0.25, 0.3) is 10.0 Å². The average Bonchev–Trinajstić information content (AvgIpc) is 2.56. The van der Waals surface area contributed by atoms with Gasteiger partial charge in [-0.1, -0.05) is 43.0 Å².